The summed E-state index contributed by atoms with van der Waals surface area (Å²) in [7, 11) is 0. The van der Waals surface area contributed by atoms with E-state index in [2.05, 4.69) is 150 Å². The molecule has 0 radical (unpaired) electrons. The molecule has 84 heavy (non-hydrogen) atoms. The van der Waals surface area contributed by atoms with Crippen LogP contribution in [0.4, 0.5) is 5.95 Å². The van der Waals surface area contributed by atoms with Crippen molar-refractivity contribution in [2.75, 3.05) is 26.6 Å². The van der Waals surface area contributed by atoms with E-state index in [-0.39, 0.29) is 81.6 Å². The van der Waals surface area contributed by atoms with Crippen LogP contribution >= 0.6 is 0 Å². The quantitative estimate of drug-likeness (QED) is 0.0220. The fourth-order valence-corrected chi connectivity index (χ4v) is 4.69. The van der Waals surface area contributed by atoms with Crippen molar-refractivity contribution in [3.05, 3.63) is 64.1 Å². The first-order valence-electron chi connectivity index (χ1n) is 26.8. The van der Waals surface area contributed by atoms with Gasteiger partial charge in [-0.3, -0.25) is 19.4 Å². The molecule has 0 aliphatic heterocycles. The number of hydrogen-bond donors (Lipinski definition) is 2. The predicted molar refractivity (Wildman–Crippen MR) is 349 cm³/mol. The highest BCUT2D eigenvalue weighted by molar-refractivity contribution is 5.77. The van der Waals surface area contributed by atoms with Gasteiger partial charge in [-0.25, -0.2) is 59.7 Å². The van der Waals surface area contributed by atoms with Crippen molar-refractivity contribution in [1.82, 2.24) is 70.4 Å². The largest absolute Gasteiger partial charge is 0.436 e. The first kappa shape index (κ1) is 99.4. The number of aryl methyl sites for hydroxylation is 10. The highest BCUT2D eigenvalue weighted by atomic mass is 17.2. The van der Waals surface area contributed by atoms with Crippen LogP contribution in [0, 0.1) is 60.8 Å². The van der Waals surface area contributed by atoms with Crippen LogP contribution in [0.1, 0.15) is 257 Å². The zero-order chi connectivity index (χ0) is 60.5. The maximum absolute atomic E-state index is 10.2. The molecule has 0 saturated carbocycles. The Morgan fingerprint density at radius 3 is 1.15 bits per heavy atom. The average molecular weight is 1190 g/mol. The van der Waals surface area contributed by atoms with Gasteiger partial charge in [0.2, 0.25) is 18.6 Å². The van der Waals surface area contributed by atoms with Crippen LogP contribution in [-0.2, 0) is 46.5 Å². The Hall–Kier alpha value is -6.62. The molecule has 0 atom stereocenters. The lowest BCUT2D eigenvalue weighted by Crippen LogP contribution is -2.34. The lowest BCUT2D eigenvalue weighted by Gasteiger charge is -2.18. The molecule has 4 aromatic heterocycles. The zero-order valence-corrected chi connectivity index (χ0v) is 51.7. The molecule has 0 saturated heterocycles. The van der Waals surface area contributed by atoms with Gasteiger partial charge < -0.3 is 20.2 Å². The standard InChI is InChI=1S/C13H16N8.C12H21N3.C7H16.C6H9N3.C5H10N2O2.C5H10O4.C4H8O.C3H8.6CH4/c1-8-16-9(2)19-12(18-8)7-14-5-6-15-13-20-10(3)17-11(4)21-13;1-4-6-8-11-13-10(3)14-12(15-11)9-7-5-2;1-5-7(3,4)6-2;1-4-7-5(2)9-6(3)8-4;1-4(8)6-3-7-5(2)9;1-3-8-9-4-7-5(2)6;1-3-4(2)5;1-3-2;;;;;;/h6-7H,5H2,1-4H3;4-9H2,1-3H3;5-6H2,1-4H3;1-3H3;3H2,1-2H3,(H,6,8)(H,7,9);3-4H2,1-2H3;3H2,1-2H3;3H2,1-2H3;6*1H4. The minimum absolute atomic E-state index is 0. The van der Waals surface area contributed by atoms with Gasteiger partial charge in [0.1, 0.15) is 64.0 Å². The molecule has 4 aromatic rings. The second kappa shape index (κ2) is 64.0. The second-order valence-corrected chi connectivity index (χ2v) is 17.8. The van der Waals surface area contributed by atoms with Crippen molar-refractivity contribution < 1.29 is 33.7 Å². The van der Waals surface area contributed by atoms with E-state index >= 15 is 0 Å². The van der Waals surface area contributed by atoms with Crippen molar-refractivity contribution in [3.8, 4) is 0 Å². The van der Waals surface area contributed by atoms with E-state index in [1.807, 2.05) is 48.5 Å². The summed E-state index contributed by atoms with van der Waals surface area (Å²) in [6, 6.07) is 0. The number of Topliss-reactive ketones (excluding diaryl/α,β-unsaturated/α-hetero) is 1. The number of unbranched alkanes of at least 4 members (excludes halogenated alkanes) is 2. The maximum atomic E-state index is 10.2. The van der Waals surface area contributed by atoms with Gasteiger partial charge in [-0.1, -0.05) is 139 Å². The van der Waals surface area contributed by atoms with Gasteiger partial charge in [0, 0.05) is 46.2 Å². The van der Waals surface area contributed by atoms with Crippen LogP contribution in [0.2, 0.25) is 0 Å². The topological polar surface area (TPSA) is 299 Å². The summed E-state index contributed by atoms with van der Waals surface area (Å²) in [4.78, 5) is 107. The third kappa shape index (κ3) is 69.6. The van der Waals surface area contributed by atoms with E-state index in [9.17, 15) is 19.2 Å². The third-order valence-electron chi connectivity index (χ3n) is 9.24. The van der Waals surface area contributed by atoms with Crippen LogP contribution in [0.15, 0.2) is 9.98 Å². The van der Waals surface area contributed by atoms with Crippen LogP contribution in [0.3, 0.4) is 0 Å². The first-order valence-corrected chi connectivity index (χ1v) is 26.8. The number of carbonyl (C=O) groups is 4. The molecule has 0 aromatic carbocycles. The Bertz CT molecular complexity index is 2100. The average Bonchev–Trinajstić information content (AvgIpc) is 3.34. The Morgan fingerprint density at radius 1 is 0.512 bits per heavy atom. The highest BCUT2D eigenvalue weighted by Gasteiger charge is 2.10. The molecule has 0 fully saturated rings. The minimum atomic E-state index is -0.380. The third-order valence-corrected chi connectivity index (χ3v) is 9.24. The van der Waals surface area contributed by atoms with E-state index in [0.717, 1.165) is 60.6 Å². The number of amides is 2. The summed E-state index contributed by atoms with van der Waals surface area (Å²) < 4.78 is 4.36. The summed E-state index contributed by atoms with van der Waals surface area (Å²) in [5.74, 6) is 8.33. The fourth-order valence-electron chi connectivity index (χ4n) is 4.69. The molecule has 488 valence electrons. The molecule has 2 N–H and O–H groups in total. The number of nitrogens with one attached hydrogen (secondary N) is 2. The molecular weight excluding hydrogens is 1070 g/mol. The minimum Gasteiger partial charge on any atom is -0.436 e. The van der Waals surface area contributed by atoms with E-state index in [1.54, 1.807) is 40.1 Å². The van der Waals surface area contributed by atoms with Crippen LogP contribution in [-0.4, -0.2) is 122 Å². The molecule has 0 aliphatic carbocycles. The molecule has 4 heterocycles. The van der Waals surface area contributed by atoms with Crippen LogP contribution in [0.5, 0.6) is 0 Å². The molecule has 4 rings (SSSR count). The van der Waals surface area contributed by atoms with Crippen molar-refractivity contribution in [2.24, 2.45) is 15.4 Å². The van der Waals surface area contributed by atoms with Crippen LogP contribution in [0.25, 0.3) is 0 Å². The van der Waals surface area contributed by atoms with Crippen LogP contribution < -0.4 is 10.6 Å². The molecular formula is C61H122N16O7. The molecule has 0 unspecified atom stereocenters. The predicted octanol–water partition coefficient (Wildman–Crippen LogP) is 13.5. The SMILES string of the molecule is C.C.C.C.C.C.CC(=O)NCNC(C)=O.CCC.CCC(C)(C)CC.CCC(C)=O.CCCCc1nc(C)nc(CCCC)n1.CCOOCOC(C)=O.Cc1nc(C)nc(C)n1.Cc1nc(C)nc(C=NCC=Nc2nc(C)nc(C)n2)n1. The molecule has 0 bridgehead atoms. The number of hydrogen-bond acceptors (Lipinski definition) is 21. The molecule has 0 aliphatic rings. The van der Waals surface area contributed by atoms with Gasteiger partial charge in [-0.15, -0.1) is 0 Å². The van der Waals surface area contributed by atoms with Crippen molar-refractivity contribution in [1.29, 1.82) is 0 Å². The molecule has 0 spiro atoms. The van der Waals surface area contributed by atoms with Gasteiger partial charge in [-0.2, -0.15) is 14.9 Å². The van der Waals surface area contributed by atoms with E-state index in [4.69, 9.17) is 0 Å². The Balaban J connectivity index is -0.0000000974. The van der Waals surface area contributed by atoms with Gasteiger partial charge in [-0.05, 0) is 87.5 Å². The number of rotatable bonds is 19. The maximum Gasteiger partial charge on any atom is 0.304 e. The van der Waals surface area contributed by atoms with Gasteiger partial charge in [0.05, 0.1) is 26.0 Å². The normalized spacial score (nSPS) is 9.36. The summed E-state index contributed by atoms with van der Waals surface area (Å²) in [6.45, 7) is 42.7. The zero-order valence-electron chi connectivity index (χ0n) is 51.7. The monoisotopic (exact) mass is 1190 g/mol. The van der Waals surface area contributed by atoms with Gasteiger partial charge >= 0.3 is 5.97 Å². The highest BCUT2D eigenvalue weighted by Crippen LogP contribution is 2.22. The number of ether oxygens (including phenoxy) is 1. The number of ketones is 1. The second-order valence-electron chi connectivity index (χ2n) is 17.8. The molecule has 23 heteroatoms. The van der Waals surface area contributed by atoms with E-state index < -0.39 is 0 Å². The Labute approximate surface area is 511 Å². The van der Waals surface area contributed by atoms with Crippen molar-refractivity contribution in [3.63, 3.8) is 0 Å². The number of aromatic nitrogens is 12. The van der Waals surface area contributed by atoms with Gasteiger partial charge in [0.25, 0.3) is 5.95 Å². The summed E-state index contributed by atoms with van der Waals surface area (Å²) in [5, 5.41) is 4.81. The number of nitrogens with zero attached hydrogens (tertiary/aromatic N) is 14. The molecule has 2 amide bonds. The summed E-state index contributed by atoms with van der Waals surface area (Å²) >= 11 is 0. The Morgan fingerprint density at radius 2 is 0.857 bits per heavy atom. The Kier molecular flexibility index (Phi) is 75.7. The lowest BCUT2D eigenvalue weighted by molar-refractivity contribution is -0.327. The van der Waals surface area contributed by atoms with Crippen molar-refractivity contribution in [2.45, 2.75) is 261 Å². The van der Waals surface area contributed by atoms with E-state index in [1.165, 1.54) is 52.9 Å². The van der Waals surface area contributed by atoms with Gasteiger partial charge in [0.15, 0.2) is 5.82 Å². The number of esters is 1. The van der Waals surface area contributed by atoms with Crippen molar-refractivity contribution >= 4 is 41.9 Å². The van der Waals surface area contributed by atoms with E-state index in [0.29, 0.717) is 60.1 Å². The summed E-state index contributed by atoms with van der Waals surface area (Å²) in [6.07, 6.45) is 14.4. The molecule has 23 nitrogen and oxygen atoms in total. The summed E-state index contributed by atoms with van der Waals surface area (Å²) in [5.41, 5.74) is 0.583. The lowest BCUT2D eigenvalue weighted by atomic mass is 9.88. The first-order chi connectivity index (χ1) is 36.7. The number of aliphatic imine (C=N–C) groups is 2. The smallest absolute Gasteiger partial charge is 0.304 e. The number of carbonyl (C=O) groups excluding carboxylic acids is 4. The fraction of sp³-hybridized carbons (Fsp3) is 0.705.